The zero-order chi connectivity index (χ0) is 13.0. The van der Waals surface area contributed by atoms with Crippen LogP contribution in [0.15, 0.2) is 46.1 Å². The normalized spacial score (nSPS) is 10.8. The number of carbonyl (C=O) groups excluding carboxylic acids is 1. The maximum atomic E-state index is 11.7. The Hall–Kier alpha value is -2.36. The van der Waals surface area contributed by atoms with Crippen molar-refractivity contribution in [3.63, 3.8) is 0 Å². The Labute approximate surface area is 105 Å². The van der Waals surface area contributed by atoms with Crippen molar-refractivity contribution in [3.8, 4) is 0 Å². The van der Waals surface area contributed by atoms with Gasteiger partial charge < -0.3 is 4.42 Å². The molecule has 0 fully saturated rings. The molecule has 1 amide bonds. The summed E-state index contributed by atoms with van der Waals surface area (Å²) in [5.41, 5.74) is 5.05. The predicted octanol–water partition coefficient (Wildman–Crippen LogP) is 2.66. The SMILES string of the molecule is Cc1cccc(/C=N/NC(=O)c2ccoc2C)c1. The van der Waals surface area contributed by atoms with Gasteiger partial charge in [-0.1, -0.05) is 29.8 Å². The Kier molecular flexibility index (Phi) is 3.57. The summed E-state index contributed by atoms with van der Waals surface area (Å²) < 4.78 is 5.05. The van der Waals surface area contributed by atoms with Gasteiger partial charge in [0.1, 0.15) is 5.76 Å². The Morgan fingerprint density at radius 3 is 2.83 bits per heavy atom. The minimum absolute atomic E-state index is 0.273. The van der Waals surface area contributed by atoms with E-state index in [9.17, 15) is 4.79 Å². The lowest BCUT2D eigenvalue weighted by Crippen LogP contribution is -2.17. The molecule has 18 heavy (non-hydrogen) atoms. The van der Waals surface area contributed by atoms with E-state index in [-0.39, 0.29) is 5.91 Å². The lowest BCUT2D eigenvalue weighted by Gasteiger charge is -1.98. The third-order valence-corrected chi connectivity index (χ3v) is 2.53. The van der Waals surface area contributed by atoms with Gasteiger partial charge in [-0.05, 0) is 25.5 Å². The van der Waals surface area contributed by atoms with Gasteiger partial charge in [0.05, 0.1) is 18.0 Å². The van der Waals surface area contributed by atoms with Gasteiger partial charge in [-0.15, -0.1) is 0 Å². The average Bonchev–Trinajstić information content (AvgIpc) is 2.75. The minimum atomic E-state index is -0.273. The van der Waals surface area contributed by atoms with E-state index in [0.717, 1.165) is 11.1 Å². The third-order valence-electron chi connectivity index (χ3n) is 2.53. The van der Waals surface area contributed by atoms with Crippen molar-refractivity contribution in [2.75, 3.05) is 0 Å². The largest absolute Gasteiger partial charge is 0.469 e. The Balaban J connectivity index is 2.00. The molecule has 1 N–H and O–H groups in total. The molecule has 2 aromatic rings. The molecule has 1 aromatic carbocycles. The number of nitrogens with one attached hydrogen (secondary N) is 1. The second-order valence-corrected chi connectivity index (χ2v) is 4.00. The molecular weight excluding hydrogens is 228 g/mol. The first kappa shape index (κ1) is 12.1. The van der Waals surface area contributed by atoms with Crippen LogP contribution in [0.25, 0.3) is 0 Å². The Morgan fingerprint density at radius 1 is 1.33 bits per heavy atom. The number of furan rings is 1. The van der Waals surface area contributed by atoms with Crippen molar-refractivity contribution < 1.29 is 9.21 Å². The molecule has 2 rings (SSSR count). The van der Waals surface area contributed by atoms with Gasteiger partial charge in [0, 0.05) is 0 Å². The lowest BCUT2D eigenvalue weighted by atomic mass is 10.2. The van der Waals surface area contributed by atoms with Crippen molar-refractivity contribution in [1.29, 1.82) is 0 Å². The van der Waals surface area contributed by atoms with Gasteiger partial charge in [0.25, 0.3) is 5.91 Å². The minimum Gasteiger partial charge on any atom is -0.469 e. The molecular formula is C14H14N2O2. The van der Waals surface area contributed by atoms with E-state index < -0.39 is 0 Å². The van der Waals surface area contributed by atoms with E-state index in [1.807, 2.05) is 31.2 Å². The summed E-state index contributed by atoms with van der Waals surface area (Å²) in [6.45, 7) is 3.74. The average molecular weight is 242 g/mol. The summed E-state index contributed by atoms with van der Waals surface area (Å²) >= 11 is 0. The number of benzene rings is 1. The molecule has 1 heterocycles. The fourth-order valence-electron chi connectivity index (χ4n) is 1.60. The van der Waals surface area contributed by atoms with Crippen molar-refractivity contribution in [2.45, 2.75) is 13.8 Å². The molecule has 4 heteroatoms. The smallest absolute Gasteiger partial charge is 0.274 e. The highest BCUT2D eigenvalue weighted by Gasteiger charge is 2.09. The van der Waals surface area contributed by atoms with Gasteiger partial charge in [0.2, 0.25) is 0 Å². The Bertz CT molecular complexity index is 585. The van der Waals surface area contributed by atoms with Crippen LogP contribution in [0, 0.1) is 13.8 Å². The summed E-state index contributed by atoms with van der Waals surface area (Å²) in [6.07, 6.45) is 3.09. The van der Waals surface area contributed by atoms with Crippen LogP contribution in [0.3, 0.4) is 0 Å². The van der Waals surface area contributed by atoms with Gasteiger partial charge in [-0.2, -0.15) is 5.10 Å². The first-order valence-corrected chi connectivity index (χ1v) is 5.61. The van der Waals surface area contributed by atoms with Crippen LogP contribution in [-0.2, 0) is 0 Å². The second-order valence-electron chi connectivity index (χ2n) is 4.00. The molecule has 0 saturated carbocycles. The van der Waals surface area contributed by atoms with Crippen molar-refractivity contribution in [2.24, 2.45) is 5.10 Å². The van der Waals surface area contributed by atoms with Crippen LogP contribution in [0.1, 0.15) is 27.2 Å². The topological polar surface area (TPSA) is 54.6 Å². The van der Waals surface area contributed by atoms with Crippen LogP contribution < -0.4 is 5.43 Å². The lowest BCUT2D eigenvalue weighted by molar-refractivity contribution is 0.0953. The monoisotopic (exact) mass is 242 g/mol. The molecule has 0 saturated heterocycles. The van der Waals surface area contributed by atoms with Gasteiger partial charge >= 0.3 is 0 Å². The molecule has 0 spiro atoms. The zero-order valence-electron chi connectivity index (χ0n) is 10.3. The summed E-state index contributed by atoms with van der Waals surface area (Å²) in [5, 5.41) is 3.91. The molecule has 0 unspecified atom stereocenters. The molecule has 1 aromatic heterocycles. The van der Waals surface area contributed by atoms with E-state index in [1.165, 1.54) is 6.26 Å². The van der Waals surface area contributed by atoms with E-state index in [1.54, 1.807) is 19.2 Å². The number of hydrazone groups is 1. The standard InChI is InChI=1S/C14H14N2O2/c1-10-4-3-5-12(8-10)9-15-16-14(17)13-6-7-18-11(13)2/h3-9H,1-2H3,(H,16,17)/b15-9+. The molecule has 0 radical (unpaired) electrons. The summed E-state index contributed by atoms with van der Waals surface area (Å²) in [4.78, 5) is 11.7. The summed E-state index contributed by atoms with van der Waals surface area (Å²) in [5.74, 6) is 0.309. The van der Waals surface area contributed by atoms with E-state index in [0.29, 0.717) is 11.3 Å². The number of nitrogens with zero attached hydrogens (tertiary/aromatic N) is 1. The Morgan fingerprint density at radius 2 is 2.17 bits per heavy atom. The number of hydrogen-bond donors (Lipinski definition) is 1. The van der Waals surface area contributed by atoms with Crippen LogP contribution in [0.4, 0.5) is 0 Å². The van der Waals surface area contributed by atoms with Crippen molar-refractivity contribution >= 4 is 12.1 Å². The van der Waals surface area contributed by atoms with Gasteiger partial charge in [-0.3, -0.25) is 4.79 Å². The van der Waals surface area contributed by atoms with Gasteiger partial charge in [-0.25, -0.2) is 5.43 Å². The maximum absolute atomic E-state index is 11.7. The summed E-state index contributed by atoms with van der Waals surface area (Å²) in [6, 6.07) is 9.47. The highest BCUT2D eigenvalue weighted by molar-refractivity contribution is 5.95. The zero-order valence-corrected chi connectivity index (χ0v) is 10.3. The fourth-order valence-corrected chi connectivity index (χ4v) is 1.60. The van der Waals surface area contributed by atoms with Crippen molar-refractivity contribution in [3.05, 3.63) is 59.0 Å². The van der Waals surface area contributed by atoms with E-state index >= 15 is 0 Å². The first-order chi connectivity index (χ1) is 8.66. The second kappa shape index (κ2) is 5.31. The molecule has 92 valence electrons. The van der Waals surface area contributed by atoms with Crippen LogP contribution in [0.5, 0.6) is 0 Å². The number of aryl methyl sites for hydroxylation is 2. The molecule has 0 bridgehead atoms. The van der Waals surface area contributed by atoms with E-state index in [2.05, 4.69) is 10.5 Å². The fraction of sp³-hybridized carbons (Fsp3) is 0.143. The number of rotatable bonds is 3. The van der Waals surface area contributed by atoms with Crippen molar-refractivity contribution in [1.82, 2.24) is 5.43 Å². The maximum Gasteiger partial charge on any atom is 0.274 e. The summed E-state index contributed by atoms with van der Waals surface area (Å²) in [7, 11) is 0. The molecule has 0 aliphatic carbocycles. The molecule has 4 nitrogen and oxygen atoms in total. The first-order valence-electron chi connectivity index (χ1n) is 5.61. The number of carbonyl (C=O) groups is 1. The van der Waals surface area contributed by atoms with Crippen LogP contribution >= 0.6 is 0 Å². The van der Waals surface area contributed by atoms with E-state index in [4.69, 9.17) is 4.42 Å². The van der Waals surface area contributed by atoms with Crippen LogP contribution in [-0.4, -0.2) is 12.1 Å². The third kappa shape index (κ3) is 2.85. The highest BCUT2D eigenvalue weighted by atomic mass is 16.3. The number of amides is 1. The molecule has 0 aliphatic heterocycles. The van der Waals surface area contributed by atoms with Crippen LogP contribution in [0.2, 0.25) is 0 Å². The predicted molar refractivity (Wildman–Crippen MR) is 69.7 cm³/mol. The quantitative estimate of drug-likeness (QED) is 0.664. The number of hydrogen-bond acceptors (Lipinski definition) is 3. The van der Waals surface area contributed by atoms with Gasteiger partial charge in [0.15, 0.2) is 0 Å². The molecule has 0 aliphatic rings. The highest BCUT2D eigenvalue weighted by Crippen LogP contribution is 2.08. The molecule has 0 atom stereocenters.